The van der Waals surface area contributed by atoms with Crippen molar-refractivity contribution in [2.24, 2.45) is 0 Å². The number of nitrogens with one attached hydrogen (secondary N) is 1. The highest BCUT2D eigenvalue weighted by Crippen LogP contribution is 2.33. The number of halogens is 4. The maximum atomic E-state index is 13.2. The van der Waals surface area contributed by atoms with Crippen molar-refractivity contribution in [3.8, 4) is 0 Å². The van der Waals surface area contributed by atoms with Crippen molar-refractivity contribution in [3.05, 3.63) is 58.9 Å². The van der Waals surface area contributed by atoms with Crippen LogP contribution in [0.5, 0.6) is 0 Å². The predicted molar refractivity (Wildman–Crippen MR) is 77.5 cm³/mol. The fourth-order valence-electron chi connectivity index (χ4n) is 2.13. The minimum absolute atomic E-state index is 0.00630. The van der Waals surface area contributed by atoms with Gasteiger partial charge in [-0.15, -0.1) is 0 Å². The fraction of sp³-hybridized carbons (Fsp3) is 0.188. The van der Waals surface area contributed by atoms with Crippen molar-refractivity contribution in [1.82, 2.24) is 0 Å². The average Bonchev–Trinajstić information content (AvgIpc) is 2.48. The van der Waals surface area contributed by atoms with E-state index in [-0.39, 0.29) is 5.69 Å². The number of anilines is 2. The molecule has 0 aromatic heterocycles. The third kappa shape index (κ3) is 3.80. The van der Waals surface area contributed by atoms with Gasteiger partial charge in [-0.25, -0.2) is 9.18 Å². The lowest BCUT2D eigenvalue weighted by Crippen LogP contribution is -2.10. The number of hydrogen-bond donors (Lipinski definition) is 2. The third-order valence-corrected chi connectivity index (χ3v) is 3.29. The maximum absolute atomic E-state index is 13.2. The molecule has 0 fully saturated rings. The molecule has 0 unspecified atom stereocenters. The first kappa shape index (κ1) is 16.8. The highest BCUT2D eigenvalue weighted by atomic mass is 19.4. The van der Waals surface area contributed by atoms with Gasteiger partial charge in [0, 0.05) is 5.69 Å². The summed E-state index contributed by atoms with van der Waals surface area (Å²) >= 11 is 0. The molecule has 0 saturated heterocycles. The van der Waals surface area contributed by atoms with Crippen LogP contribution >= 0.6 is 0 Å². The van der Waals surface area contributed by atoms with Crippen molar-refractivity contribution >= 4 is 17.3 Å². The molecule has 2 N–H and O–H groups in total. The Bertz CT molecular complexity index is 741. The molecule has 0 bridgehead atoms. The fourth-order valence-corrected chi connectivity index (χ4v) is 2.13. The second-order valence-corrected chi connectivity index (χ2v) is 4.84. The standard InChI is InChI=1S/C16H13F4NO2/c1-2-9-7-11(17)4-6-13(9)21-14-5-3-10(16(18,19)20)8-12(14)15(22)23/h3-8,21H,2H2,1H3,(H,22,23). The lowest BCUT2D eigenvalue weighted by molar-refractivity contribution is -0.137. The molecular formula is C16H13F4NO2. The van der Waals surface area contributed by atoms with Crippen LogP contribution < -0.4 is 5.32 Å². The molecule has 23 heavy (non-hydrogen) atoms. The van der Waals surface area contributed by atoms with Crippen LogP contribution in [0.3, 0.4) is 0 Å². The largest absolute Gasteiger partial charge is 0.478 e. The first-order chi connectivity index (χ1) is 10.7. The van der Waals surface area contributed by atoms with E-state index in [2.05, 4.69) is 5.32 Å². The van der Waals surface area contributed by atoms with E-state index in [4.69, 9.17) is 5.11 Å². The molecule has 0 saturated carbocycles. The van der Waals surface area contributed by atoms with E-state index in [9.17, 15) is 22.4 Å². The zero-order valence-electron chi connectivity index (χ0n) is 12.0. The zero-order chi connectivity index (χ0) is 17.2. The van der Waals surface area contributed by atoms with Crippen LogP contribution in [0, 0.1) is 5.82 Å². The highest BCUT2D eigenvalue weighted by Gasteiger charge is 2.31. The van der Waals surface area contributed by atoms with Gasteiger partial charge in [0.25, 0.3) is 0 Å². The van der Waals surface area contributed by atoms with E-state index in [0.717, 1.165) is 12.1 Å². The number of alkyl halides is 3. The van der Waals surface area contributed by atoms with Crippen molar-refractivity contribution in [2.45, 2.75) is 19.5 Å². The quantitative estimate of drug-likeness (QED) is 0.789. The Kier molecular flexibility index (Phi) is 4.58. The van der Waals surface area contributed by atoms with E-state index < -0.39 is 29.1 Å². The molecular weight excluding hydrogens is 314 g/mol. The summed E-state index contributed by atoms with van der Waals surface area (Å²) in [7, 11) is 0. The number of hydrogen-bond acceptors (Lipinski definition) is 2. The van der Waals surface area contributed by atoms with Gasteiger partial charge in [0.05, 0.1) is 16.8 Å². The molecule has 0 amide bonds. The van der Waals surface area contributed by atoms with Crippen LogP contribution in [0.1, 0.15) is 28.4 Å². The Hall–Kier alpha value is -2.57. The van der Waals surface area contributed by atoms with E-state index >= 15 is 0 Å². The van der Waals surface area contributed by atoms with Gasteiger partial charge in [0.1, 0.15) is 5.82 Å². The molecule has 0 spiro atoms. The van der Waals surface area contributed by atoms with Gasteiger partial charge < -0.3 is 10.4 Å². The molecule has 2 rings (SSSR count). The minimum atomic E-state index is -4.63. The second-order valence-electron chi connectivity index (χ2n) is 4.84. The summed E-state index contributed by atoms with van der Waals surface area (Å²) in [4.78, 5) is 11.2. The topological polar surface area (TPSA) is 49.3 Å². The van der Waals surface area contributed by atoms with Crippen LogP contribution in [-0.2, 0) is 12.6 Å². The molecule has 0 heterocycles. The number of benzene rings is 2. The molecule has 0 aliphatic heterocycles. The van der Waals surface area contributed by atoms with Crippen LogP contribution in [0.4, 0.5) is 28.9 Å². The minimum Gasteiger partial charge on any atom is -0.478 e. The van der Waals surface area contributed by atoms with Crippen molar-refractivity contribution < 1.29 is 27.5 Å². The smallest absolute Gasteiger partial charge is 0.416 e. The number of aryl methyl sites for hydroxylation is 1. The summed E-state index contributed by atoms with van der Waals surface area (Å²) in [6.45, 7) is 1.78. The Labute approximate surface area is 129 Å². The molecule has 0 radical (unpaired) electrons. The normalized spacial score (nSPS) is 11.3. The van der Waals surface area contributed by atoms with E-state index in [1.165, 1.54) is 18.2 Å². The van der Waals surface area contributed by atoms with Crippen LogP contribution in [0.2, 0.25) is 0 Å². The van der Waals surface area contributed by atoms with Gasteiger partial charge >= 0.3 is 12.1 Å². The monoisotopic (exact) mass is 327 g/mol. The summed E-state index contributed by atoms with van der Waals surface area (Å²) in [5.41, 5.74) is -0.523. The summed E-state index contributed by atoms with van der Waals surface area (Å²) in [5, 5.41) is 11.9. The molecule has 2 aromatic carbocycles. The van der Waals surface area contributed by atoms with E-state index in [1.54, 1.807) is 6.92 Å². The SMILES string of the molecule is CCc1cc(F)ccc1Nc1ccc(C(F)(F)F)cc1C(=O)O. The number of carboxylic acid groups (broad SMARTS) is 1. The zero-order valence-corrected chi connectivity index (χ0v) is 12.0. The highest BCUT2D eigenvalue weighted by molar-refractivity contribution is 5.95. The summed E-state index contributed by atoms with van der Waals surface area (Å²) in [6.07, 6.45) is -4.16. The van der Waals surface area contributed by atoms with Crippen molar-refractivity contribution in [3.63, 3.8) is 0 Å². The average molecular weight is 327 g/mol. The predicted octanol–water partition coefficient (Wildman–Crippen LogP) is 4.85. The number of carbonyl (C=O) groups is 1. The first-order valence-electron chi connectivity index (χ1n) is 6.72. The Morgan fingerprint density at radius 3 is 2.35 bits per heavy atom. The van der Waals surface area contributed by atoms with Crippen LogP contribution in [0.15, 0.2) is 36.4 Å². The van der Waals surface area contributed by atoms with E-state index in [1.807, 2.05) is 0 Å². The molecule has 7 heteroatoms. The lowest BCUT2D eigenvalue weighted by Gasteiger charge is -2.15. The Morgan fingerprint density at radius 1 is 1.13 bits per heavy atom. The van der Waals surface area contributed by atoms with Gasteiger partial charge in [0.2, 0.25) is 0 Å². The molecule has 122 valence electrons. The van der Waals surface area contributed by atoms with Crippen molar-refractivity contribution in [2.75, 3.05) is 5.32 Å². The maximum Gasteiger partial charge on any atom is 0.416 e. The summed E-state index contributed by atoms with van der Waals surface area (Å²) < 4.78 is 51.3. The number of aromatic carboxylic acids is 1. The Morgan fingerprint density at radius 2 is 1.78 bits per heavy atom. The van der Waals surface area contributed by atoms with Crippen molar-refractivity contribution in [1.29, 1.82) is 0 Å². The molecule has 0 aliphatic rings. The summed E-state index contributed by atoms with van der Waals surface area (Å²) in [6, 6.07) is 6.30. The van der Waals surface area contributed by atoms with Crippen LogP contribution in [-0.4, -0.2) is 11.1 Å². The molecule has 2 aromatic rings. The van der Waals surface area contributed by atoms with Crippen LogP contribution in [0.25, 0.3) is 0 Å². The molecule has 0 aliphatic carbocycles. The van der Waals surface area contributed by atoms with Gasteiger partial charge in [0.15, 0.2) is 0 Å². The Balaban J connectivity index is 2.46. The lowest BCUT2D eigenvalue weighted by atomic mass is 10.1. The first-order valence-corrected chi connectivity index (χ1v) is 6.72. The summed E-state index contributed by atoms with van der Waals surface area (Å²) in [5.74, 6) is -1.93. The molecule has 0 atom stereocenters. The van der Waals surface area contributed by atoms with Gasteiger partial charge in [-0.2, -0.15) is 13.2 Å². The third-order valence-electron chi connectivity index (χ3n) is 3.29. The second kappa shape index (κ2) is 6.28. The molecule has 3 nitrogen and oxygen atoms in total. The number of rotatable bonds is 4. The van der Waals surface area contributed by atoms with E-state index in [0.29, 0.717) is 23.7 Å². The van der Waals surface area contributed by atoms with Gasteiger partial charge in [-0.1, -0.05) is 6.92 Å². The van der Waals surface area contributed by atoms with Gasteiger partial charge in [-0.3, -0.25) is 0 Å². The number of carboxylic acids is 1. The van der Waals surface area contributed by atoms with Gasteiger partial charge in [-0.05, 0) is 48.4 Å².